The van der Waals surface area contributed by atoms with E-state index in [1.807, 2.05) is 24.3 Å². The largest absolute Gasteiger partial charge is 0.497 e. The van der Waals surface area contributed by atoms with Gasteiger partial charge in [-0.1, -0.05) is 0 Å². The van der Waals surface area contributed by atoms with Crippen molar-refractivity contribution in [3.8, 4) is 28.3 Å². The van der Waals surface area contributed by atoms with Crippen LogP contribution in [-0.4, -0.2) is 33.4 Å². The van der Waals surface area contributed by atoms with Crippen molar-refractivity contribution in [3.63, 3.8) is 0 Å². The molecule has 0 aliphatic carbocycles. The summed E-state index contributed by atoms with van der Waals surface area (Å²) in [4.78, 5) is 14.7. The lowest BCUT2D eigenvalue weighted by Gasteiger charge is -2.03. The topological polar surface area (TPSA) is 129 Å². The SMILES string of the molecule is COc1ccc(-c2cnnc(N/N=C/c3ccc(-c4ccc([N+](=O)[O-])cc4)o3)n2)cc1. The predicted octanol–water partition coefficient (Wildman–Crippen LogP) is 4.16. The summed E-state index contributed by atoms with van der Waals surface area (Å²) in [6, 6.07) is 17.0. The molecule has 0 radical (unpaired) electrons. The molecule has 4 rings (SSSR count). The monoisotopic (exact) mass is 416 g/mol. The second-order valence-electron chi connectivity index (χ2n) is 6.27. The number of hydrazone groups is 1. The van der Waals surface area contributed by atoms with E-state index in [1.165, 1.54) is 18.3 Å². The summed E-state index contributed by atoms with van der Waals surface area (Å²) in [6.07, 6.45) is 3.03. The van der Waals surface area contributed by atoms with Gasteiger partial charge in [-0.2, -0.15) is 10.2 Å². The lowest BCUT2D eigenvalue weighted by Crippen LogP contribution is -1.99. The van der Waals surface area contributed by atoms with Crippen molar-refractivity contribution in [2.45, 2.75) is 0 Å². The number of methoxy groups -OCH3 is 1. The molecule has 0 fully saturated rings. The van der Waals surface area contributed by atoms with E-state index in [0.29, 0.717) is 17.2 Å². The maximum absolute atomic E-state index is 10.8. The van der Waals surface area contributed by atoms with Crippen molar-refractivity contribution in [1.29, 1.82) is 0 Å². The number of ether oxygens (including phenoxy) is 1. The highest BCUT2D eigenvalue weighted by molar-refractivity contribution is 5.78. The van der Waals surface area contributed by atoms with Crippen LogP contribution in [0.15, 0.2) is 76.4 Å². The van der Waals surface area contributed by atoms with Gasteiger partial charge in [0.1, 0.15) is 17.3 Å². The highest BCUT2D eigenvalue weighted by Gasteiger charge is 2.08. The Bertz CT molecular complexity index is 1220. The van der Waals surface area contributed by atoms with Crippen molar-refractivity contribution in [2.75, 3.05) is 12.5 Å². The Labute approximate surface area is 176 Å². The molecule has 0 aliphatic heterocycles. The molecular weight excluding hydrogens is 400 g/mol. The van der Waals surface area contributed by atoms with Crippen LogP contribution in [0.25, 0.3) is 22.6 Å². The molecule has 0 saturated carbocycles. The van der Waals surface area contributed by atoms with E-state index >= 15 is 0 Å². The summed E-state index contributed by atoms with van der Waals surface area (Å²) in [5.41, 5.74) is 4.96. The van der Waals surface area contributed by atoms with Gasteiger partial charge in [0.05, 0.1) is 30.1 Å². The minimum Gasteiger partial charge on any atom is -0.497 e. The fourth-order valence-electron chi connectivity index (χ4n) is 2.73. The van der Waals surface area contributed by atoms with Crippen LogP contribution in [0.4, 0.5) is 11.6 Å². The molecule has 31 heavy (non-hydrogen) atoms. The standard InChI is InChI=1S/C21H16N6O4/c1-30-17-8-4-14(5-9-17)19-13-23-26-21(24-19)25-22-12-18-10-11-20(31-18)15-2-6-16(7-3-15)27(28)29/h2-13H,1H3,(H,24,25,26)/b22-12+. The van der Waals surface area contributed by atoms with Crippen LogP contribution in [0.3, 0.4) is 0 Å². The first kappa shape index (κ1) is 19.7. The zero-order valence-corrected chi connectivity index (χ0v) is 16.3. The first-order chi connectivity index (χ1) is 15.1. The Hall–Kier alpha value is -4.60. The predicted molar refractivity (Wildman–Crippen MR) is 114 cm³/mol. The van der Waals surface area contributed by atoms with Gasteiger partial charge in [0, 0.05) is 23.3 Å². The summed E-state index contributed by atoms with van der Waals surface area (Å²) in [7, 11) is 1.61. The molecule has 2 aromatic carbocycles. The number of nitrogens with zero attached hydrogens (tertiary/aromatic N) is 5. The van der Waals surface area contributed by atoms with Gasteiger partial charge >= 0.3 is 0 Å². The summed E-state index contributed by atoms with van der Waals surface area (Å²) < 4.78 is 10.8. The van der Waals surface area contributed by atoms with Crippen LogP contribution in [0.1, 0.15) is 5.76 Å². The Kier molecular flexibility index (Phi) is 5.61. The van der Waals surface area contributed by atoms with Gasteiger partial charge in [-0.25, -0.2) is 10.4 Å². The Balaban J connectivity index is 1.42. The fourth-order valence-corrected chi connectivity index (χ4v) is 2.73. The zero-order chi connectivity index (χ0) is 21.6. The number of nitro groups is 1. The molecule has 2 heterocycles. The second-order valence-corrected chi connectivity index (χ2v) is 6.27. The highest BCUT2D eigenvalue weighted by Crippen LogP contribution is 2.24. The first-order valence-corrected chi connectivity index (χ1v) is 9.10. The maximum atomic E-state index is 10.8. The number of anilines is 1. The lowest BCUT2D eigenvalue weighted by atomic mass is 10.1. The third-order valence-electron chi connectivity index (χ3n) is 4.29. The summed E-state index contributed by atoms with van der Waals surface area (Å²) in [6.45, 7) is 0. The summed E-state index contributed by atoms with van der Waals surface area (Å²) >= 11 is 0. The number of furan rings is 1. The average Bonchev–Trinajstić information content (AvgIpc) is 3.28. The fraction of sp³-hybridized carbons (Fsp3) is 0.0476. The number of hydrogen-bond donors (Lipinski definition) is 1. The molecule has 0 spiro atoms. The lowest BCUT2D eigenvalue weighted by molar-refractivity contribution is -0.384. The van der Waals surface area contributed by atoms with E-state index < -0.39 is 4.92 Å². The molecule has 0 unspecified atom stereocenters. The van der Waals surface area contributed by atoms with Gasteiger partial charge in [0.15, 0.2) is 0 Å². The molecule has 10 heteroatoms. The minimum atomic E-state index is -0.448. The molecule has 10 nitrogen and oxygen atoms in total. The van der Waals surface area contributed by atoms with Gasteiger partial charge in [-0.05, 0) is 48.5 Å². The molecule has 4 aromatic rings. The Morgan fingerprint density at radius 3 is 2.52 bits per heavy atom. The minimum absolute atomic E-state index is 0.0202. The van der Waals surface area contributed by atoms with E-state index in [2.05, 4.69) is 25.7 Å². The third kappa shape index (κ3) is 4.70. The van der Waals surface area contributed by atoms with E-state index in [9.17, 15) is 10.1 Å². The number of nitro benzene ring substituents is 1. The maximum Gasteiger partial charge on any atom is 0.269 e. The van der Waals surface area contributed by atoms with Crippen molar-refractivity contribution in [3.05, 3.63) is 82.7 Å². The molecule has 154 valence electrons. The number of rotatable bonds is 7. The highest BCUT2D eigenvalue weighted by atomic mass is 16.6. The van der Waals surface area contributed by atoms with Crippen LogP contribution in [0, 0.1) is 10.1 Å². The van der Waals surface area contributed by atoms with E-state index in [4.69, 9.17) is 9.15 Å². The molecule has 0 aliphatic rings. The molecule has 0 atom stereocenters. The Morgan fingerprint density at radius 2 is 1.81 bits per heavy atom. The number of non-ortho nitro benzene ring substituents is 1. The van der Waals surface area contributed by atoms with Crippen LogP contribution in [0.2, 0.25) is 0 Å². The van der Waals surface area contributed by atoms with Crippen molar-refractivity contribution in [1.82, 2.24) is 15.2 Å². The van der Waals surface area contributed by atoms with Crippen LogP contribution < -0.4 is 10.2 Å². The molecule has 0 amide bonds. The van der Waals surface area contributed by atoms with Gasteiger partial charge in [-0.15, -0.1) is 5.10 Å². The van der Waals surface area contributed by atoms with Gasteiger partial charge in [-0.3, -0.25) is 10.1 Å². The summed E-state index contributed by atoms with van der Waals surface area (Å²) in [5, 5.41) is 22.7. The number of aromatic nitrogens is 3. The second kappa shape index (κ2) is 8.82. The van der Waals surface area contributed by atoms with Crippen LogP contribution in [-0.2, 0) is 0 Å². The number of hydrogen-bond acceptors (Lipinski definition) is 9. The van der Waals surface area contributed by atoms with Crippen LogP contribution in [0.5, 0.6) is 5.75 Å². The summed E-state index contributed by atoms with van der Waals surface area (Å²) in [5.74, 6) is 2.03. The van der Waals surface area contributed by atoms with Crippen molar-refractivity contribution < 1.29 is 14.1 Å². The van der Waals surface area contributed by atoms with Crippen molar-refractivity contribution in [2.24, 2.45) is 5.10 Å². The first-order valence-electron chi connectivity index (χ1n) is 9.10. The zero-order valence-electron chi connectivity index (χ0n) is 16.3. The molecule has 0 saturated heterocycles. The van der Waals surface area contributed by atoms with E-state index in [1.54, 1.807) is 37.6 Å². The molecule has 1 N–H and O–H groups in total. The Morgan fingerprint density at radius 1 is 1.06 bits per heavy atom. The third-order valence-corrected chi connectivity index (χ3v) is 4.29. The quantitative estimate of drug-likeness (QED) is 0.270. The number of nitrogens with one attached hydrogen (secondary N) is 1. The molecular formula is C21H16N6O4. The van der Waals surface area contributed by atoms with Crippen LogP contribution >= 0.6 is 0 Å². The molecule has 0 bridgehead atoms. The van der Waals surface area contributed by atoms with Gasteiger partial charge in [0.25, 0.3) is 11.6 Å². The normalized spacial score (nSPS) is 10.9. The average molecular weight is 416 g/mol. The molecule has 2 aromatic heterocycles. The van der Waals surface area contributed by atoms with E-state index in [-0.39, 0.29) is 11.6 Å². The number of benzene rings is 2. The van der Waals surface area contributed by atoms with Gasteiger partial charge in [0.2, 0.25) is 0 Å². The smallest absolute Gasteiger partial charge is 0.269 e. The van der Waals surface area contributed by atoms with Gasteiger partial charge < -0.3 is 9.15 Å². The van der Waals surface area contributed by atoms with E-state index in [0.717, 1.165) is 16.9 Å². The van der Waals surface area contributed by atoms with Crippen molar-refractivity contribution >= 4 is 17.9 Å².